The SMILES string of the molecule is CNc1cc(C(C)(C)C)nc(-c2ccc(C(C)C)cc2)n1. The van der Waals surface area contributed by atoms with Crippen LogP contribution in [0.5, 0.6) is 0 Å². The van der Waals surface area contributed by atoms with Crippen LogP contribution in [0.2, 0.25) is 0 Å². The molecule has 1 aromatic heterocycles. The summed E-state index contributed by atoms with van der Waals surface area (Å²) in [6, 6.07) is 10.6. The van der Waals surface area contributed by atoms with Gasteiger partial charge in [0, 0.05) is 24.1 Å². The second-order valence-corrected chi connectivity index (χ2v) is 6.74. The van der Waals surface area contributed by atoms with Gasteiger partial charge in [-0.2, -0.15) is 0 Å². The van der Waals surface area contributed by atoms with Crippen molar-refractivity contribution in [2.75, 3.05) is 12.4 Å². The van der Waals surface area contributed by atoms with E-state index >= 15 is 0 Å². The van der Waals surface area contributed by atoms with Crippen molar-refractivity contribution < 1.29 is 0 Å². The Labute approximate surface area is 127 Å². The Kier molecular flexibility index (Phi) is 4.31. The Hall–Kier alpha value is -1.90. The summed E-state index contributed by atoms with van der Waals surface area (Å²) in [5.41, 5.74) is 3.44. The monoisotopic (exact) mass is 283 g/mol. The van der Waals surface area contributed by atoms with Gasteiger partial charge < -0.3 is 5.32 Å². The lowest BCUT2D eigenvalue weighted by atomic mass is 9.91. The van der Waals surface area contributed by atoms with Gasteiger partial charge in [0.25, 0.3) is 0 Å². The van der Waals surface area contributed by atoms with Crippen molar-refractivity contribution in [2.45, 2.75) is 46.0 Å². The van der Waals surface area contributed by atoms with Crippen molar-refractivity contribution in [3.8, 4) is 11.4 Å². The van der Waals surface area contributed by atoms with Gasteiger partial charge >= 0.3 is 0 Å². The van der Waals surface area contributed by atoms with Crippen molar-refractivity contribution in [1.29, 1.82) is 0 Å². The number of nitrogens with zero attached hydrogens (tertiary/aromatic N) is 2. The highest BCUT2D eigenvalue weighted by molar-refractivity contribution is 5.58. The molecule has 0 bridgehead atoms. The highest BCUT2D eigenvalue weighted by Gasteiger charge is 2.18. The number of hydrogen-bond donors (Lipinski definition) is 1. The largest absolute Gasteiger partial charge is 0.373 e. The molecule has 0 aliphatic carbocycles. The molecule has 0 saturated heterocycles. The van der Waals surface area contributed by atoms with Gasteiger partial charge in [-0.3, -0.25) is 0 Å². The minimum Gasteiger partial charge on any atom is -0.373 e. The number of anilines is 1. The first kappa shape index (κ1) is 15.5. The zero-order valence-corrected chi connectivity index (χ0v) is 13.9. The number of hydrogen-bond acceptors (Lipinski definition) is 3. The second kappa shape index (κ2) is 5.84. The first-order valence-corrected chi connectivity index (χ1v) is 7.49. The van der Waals surface area contributed by atoms with E-state index in [2.05, 4.69) is 69.2 Å². The first-order chi connectivity index (χ1) is 9.81. The maximum Gasteiger partial charge on any atom is 0.161 e. The van der Waals surface area contributed by atoms with Crippen LogP contribution in [0.15, 0.2) is 30.3 Å². The molecule has 3 heteroatoms. The third-order valence-corrected chi connectivity index (χ3v) is 3.59. The third kappa shape index (κ3) is 3.60. The summed E-state index contributed by atoms with van der Waals surface area (Å²) >= 11 is 0. The normalized spacial score (nSPS) is 11.8. The maximum atomic E-state index is 4.75. The maximum absolute atomic E-state index is 4.75. The Morgan fingerprint density at radius 2 is 1.62 bits per heavy atom. The number of rotatable bonds is 3. The molecule has 2 aromatic rings. The fraction of sp³-hybridized carbons (Fsp3) is 0.444. The van der Waals surface area contributed by atoms with Crippen molar-refractivity contribution in [3.05, 3.63) is 41.6 Å². The average molecular weight is 283 g/mol. The van der Waals surface area contributed by atoms with Crippen LogP contribution < -0.4 is 5.32 Å². The fourth-order valence-corrected chi connectivity index (χ4v) is 2.11. The summed E-state index contributed by atoms with van der Waals surface area (Å²) in [4.78, 5) is 9.33. The molecule has 0 radical (unpaired) electrons. The first-order valence-electron chi connectivity index (χ1n) is 7.49. The van der Waals surface area contributed by atoms with Crippen LogP contribution in [0.4, 0.5) is 5.82 Å². The van der Waals surface area contributed by atoms with Crippen molar-refractivity contribution >= 4 is 5.82 Å². The average Bonchev–Trinajstić information content (AvgIpc) is 2.46. The van der Waals surface area contributed by atoms with Crippen LogP contribution in [0.3, 0.4) is 0 Å². The van der Waals surface area contributed by atoms with Crippen molar-refractivity contribution in [2.24, 2.45) is 0 Å². The van der Waals surface area contributed by atoms with Crippen LogP contribution in [-0.2, 0) is 5.41 Å². The summed E-state index contributed by atoms with van der Waals surface area (Å²) in [5.74, 6) is 2.17. The smallest absolute Gasteiger partial charge is 0.161 e. The molecule has 1 heterocycles. The van der Waals surface area contributed by atoms with Crippen LogP contribution in [0.25, 0.3) is 11.4 Å². The summed E-state index contributed by atoms with van der Waals surface area (Å²) in [6.07, 6.45) is 0. The quantitative estimate of drug-likeness (QED) is 0.894. The molecule has 0 aliphatic rings. The molecule has 1 aromatic carbocycles. The van der Waals surface area contributed by atoms with Crippen LogP contribution in [0, 0.1) is 0 Å². The van der Waals surface area contributed by atoms with Crippen molar-refractivity contribution in [3.63, 3.8) is 0 Å². The Morgan fingerprint density at radius 1 is 1.00 bits per heavy atom. The van der Waals surface area contributed by atoms with E-state index in [9.17, 15) is 0 Å². The topological polar surface area (TPSA) is 37.8 Å². The number of nitrogens with one attached hydrogen (secondary N) is 1. The summed E-state index contributed by atoms with van der Waals surface area (Å²) in [6.45, 7) is 10.9. The molecule has 0 aliphatic heterocycles. The predicted octanol–water partition coefficient (Wildman–Crippen LogP) is 4.61. The van der Waals surface area contributed by atoms with Gasteiger partial charge in [0.1, 0.15) is 5.82 Å². The van der Waals surface area contributed by atoms with Gasteiger partial charge in [0.2, 0.25) is 0 Å². The van der Waals surface area contributed by atoms with E-state index in [1.165, 1.54) is 5.56 Å². The molecular formula is C18H25N3. The molecule has 0 saturated carbocycles. The van der Waals surface area contributed by atoms with Crippen LogP contribution >= 0.6 is 0 Å². The second-order valence-electron chi connectivity index (χ2n) is 6.74. The molecule has 3 nitrogen and oxygen atoms in total. The highest BCUT2D eigenvalue weighted by Crippen LogP contribution is 2.26. The Morgan fingerprint density at radius 3 is 2.10 bits per heavy atom. The lowest BCUT2D eigenvalue weighted by Crippen LogP contribution is -2.15. The predicted molar refractivity (Wildman–Crippen MR) is 89.8 cm³/mol. The minimum atomic E-state index is 0.00115. The molecule has 0 amide bonds. The third-order valence-electron chi connectivity index (χ3n) is 3.59. The van der Waals surface area contributed by atoms with Gasteiger partial charge in [-0.15, -0.1) is 0 Å². The fourth-order valence-electron chi connectivity index (χ4n) is 2.11. The van der Waals surface area contributed by atoms with E-state index in [0.29, 0.717) is 5.92 Å². The van der Waals surface area contributed by atoms with E-state index in [1.54, 1.807) is 0 Å². The van der Waals surface area contributed by atoms with E-state index in [-0.39, 0.29) is 5.41 Å². The summed E-state index contributed by atoms with van der Waals surface area (Å²) in [5, 5.41) is 3.13. The van der Waals surface area contributed by atoms with Gasteiger partial charge in [0.15, 0.2) is 5.82 Å². The summed E-state index contributed by atoms with van der Waals surface area (Å²) < 4.78 is 0. The molecule has 21 heavy (non-hydrogen) atoms. The van der Waals surface area contributed by atoms with Gasteiger partial charge in [-0.05, 0) is 11.5 Å². The van der Waals surface area contributed by atoms with Crippen LogP contribution in [-0.4, -0.2) is 17.0 Å². The molecule has 112 valence electrons. The lowest BCUT2D eigenvalue weighted by molar-refractivity contribution is 0.568. The molecule has 1 N–H and O–H groups in total. The van der Waals surface area contributed by atoms with Gasteiger partial charge in [-0.25, -0.2) is 9.97 Å². The zero-order chi connectivity index (χ0) is 15.6. The van der Waals surface area contributed by atoms with E-state index in [0.717, 1.165) is 22.9 Å². The standard InChI is InChI=1S/C18H25N3/c1-12(2)13-7-9-14(10-8-13)17-20-15(18(3,4)5)11-16(19-6)21-17/h7-12H,1-6H3,(H,19,20,21). The van der Waals surface area contributed by atoms with E-state index in [4.69, 9.17) is 4.98 Å². The molecule has 0 fully saturated rings. The molecule has 2 rings (SSSR count). The highest BCUT2D eigenvalue weighted by atomic mass is 15.0. The summed E-state index contributed by atoms with van der Waals surface area (Å²) in [7, 11) is 1.89. The Balaban J connectivity index is 2.47. The molecule has 0 spiro atoms. The van der Waals surface area contributed by atoms with Gasteiger partial charge in [0.05, 0.1) is 5.69 Å². The lowest BCUT2D eigenvalue weighted by Gasteiger charge is -2.19. The molecule has 0 unspecified atom stereocenters. The molecule has 0 atom stereocenters. The van der Waals surface area contributed by atoms with Crippen molar-refractivity contribution in [1.82, 2.24) is 9.97 Å². The minimum absolute atomic E-state index is 0.00115. The van der Waals surface area contributed by atoms with Crippen LogP contribution in [0.1, 0.15) is 51.8 Å². The van der Waals surface area contributed by atoms with Gasteiger partial charge in [-0.1, -0.05) is 58.9 Å². The van der Waals surface area contributed by atoms with E-state index in [1.807, 2.05) is 13.1 Å². The zero-order valence-electron chi connectivity index (χ0n) is 13.9. The number of benzene rings is 1. The Bertz CT molecular complexity index is 607. The number of aromatic nitrogens is 2. The van der Waals surface area contributed by atoms with E-state index < -0.39 is 0 Å². The molecular weight excluding hydrogens is 258 g/mol.